The minimum absolute atomic E-state index is 0.229. The van der Waals surface area contributed by atoms with Gasteiger partial charge in [0.15, 0.2) is 0 Å². The topological polar surface area (TPSA) is 21.3 Å². The Labute approximate surface area is 126 Å². The van der Waals surface area contributed by atoms with Gasteiger partial charge in [0.25, 0.3) is 0 Å². The number of alkyl halides is 1. The summed E-state index contributed by atoms with van der Waals surface area (Å²) in [6, 6.07) is 8.35. The van der Waals surface area contributed by atoms with Crippen molar-refractivity contribution in [1.82, 2.24) is 0 Å². The lowest BCUT2D eigenvalue weighted by Gasteiger charge is -2.33. The molecule has 1 aliphatic carbocycles. The van der Waals surface area contributed by atoms with Crippen LogP contribution in [0.1, 0.15) is 50.5 Å². The summed E-state index contributed by atoms with van der Waals surface area (Å²) in [6.07, 6.45) is 9.46. The SMILES string of the molecule is ClCc1ccc(NCC2CCC3(CCCCC3)O2)cc1. The average molecular weight is 294 g/mol. The van der Waals surface area contributed by atoms with Gasteiger partial charge in [-0.1, -0.05) is 31.4 Å². The molecule has 1 saturated heterocycles. The lowest BCUT2D eigenvalue weighted by molar-refractivity contribution is -0.0588. The van der Waals surface area contributed by atoms with Crippen LogP contribution in [0.2, 0.25) is 0 Å². The van der Waals surface area contributed by atoms with Crippen LogP contribution in [0.4, 0.5) is 5.69 Å². The third kappa shape index (κ3) is 3.29. The highest BCUT2D eigenvalue weighted by Gasteiger charge is 2.40. The lowest BCUT2D eigenvalue weighted by Crippen LogP contribution is -2.33. The molecule has 2 fully saturated rings. The monoisotopic (exact) mass is 293 g/mol. The standard InChI is InChI=1S/C17H24ClNO/c18-12-14-4-6-15(7-5-14)19-13-16-8-11-17(20-16)9-2-1-3-10-17/h4-7,16,19H,1-3,8-13H2. The van der Waals surface area contributed by atoms with Crippen LogP contribution in [0.3, 0.4) is 0 Å². The van der Waals surface area contributed by atoms with Gasteiger partial charge in [-0.25, -0.2) is 0 Å². The Bertz CT molecular complexity index is 425. The molecule has 1 aromatic carbocycles. The first-order chi connectivity index (χ1) is 9.80. The van der Waals surface area contributed by atoms with E-state index in [0.29, 0.717) is 12.0 Å². The zero-order valence-electron chi connectivity index (χ0n) is 12.0. The molecule has 20 heavy (non-hydrogen) atoms. The normalized spacial score (nSPS) is 24.9. The maximum absolute atomic E-state index is 6.37. The van der Waals surface area contributed by atoms with Crippen molar-refractivity contribution in [3.05, 3.63) is 29.8 Å². The van der Waals surface area contributed by atoms with E-state index in [1.807, 2.05) is 0 Å². The van der Waals surface area contributed by atoms with Crippen LogP contribution >= 0.6 is 11.6 Å². The number of ether oxygens (including phenoxy) is 1. The van der Waals surface area contributed by atoms with Gasteiger partial charge >= 0.3 is 0 Å². The fourth-order valence-electron chi connectivity index (χ4n) is 3.55. The average Bonchev–Trinajstić information content (AvgIpc) is 2.89. The third-order valence-electron chi connectivity index (χ3n) is 4.75. The number of rotatable bonds is 4. The van der Waals surface area contributed by atoms with Gasteiger partial charge < -0.3 is 10.1 Å². The summed E-state index contributed by atoms with van der Waals surface area (Å²) in [5.74, 6) is 0.578. The maximum atomic E-state index is 6.37. The molecule has 3 heteroatoms. The summed E-state index contributed by atoms with van der Waals surface area (Å²) < 4.78 is 6.37. The van der Waals surface area contributed by atoms with Gasteiger partial charge in [-0.3, -0.25) is 0 Å². The summed E-state index contributed by atoms with van der Waals surface area (Å²) in [7, 11) is 0. The fourth-order valence-corrected chi connectivity index (χ4v) is 3.72. The van der Waals surface area contributed by atoms with Gasteiger partial charge in [0.2, 0.25) is 0 Å². The molecular weight excluding hydrogens is 270 g/mol. The zero-order chi connectivity index (χ0) is 13.8. The molecule has 110 valence electrons. The van der Waals surface area contributed by atoms with E-state index < -0.39 is 0 Å². The van der Waals surface area contributed by atoms with Crippen LogP contribution in [0.25, 0.3) is 0 Å². The molecule has 2 nitrogen and oxygen atoms in total. The van der Waals surface area contributed by atoms with Crippen molar-refractivity contribution in [2.45, 2.75) is 62.5 Å². The Morgan fingerprint density at radius 1 is 1.10 bits per heavy atom. The molecule has 2 aliphatic rings. The molecule has 1 spiro atoms. The van der Waals surface area contributed by atoms with E-state index in [1.165, 1.54) is 44.9 Å². The summed E-state index contributed by atoms with van der Waals surface area (Å²) >= 11 is 5.80. The highest BCUT2D eigenvalue weighted by Crippen LogP contribution is 2.41. The number of nitrogens with one attached hydrogen (secondary N) is 1. The van der Waals surface area contributed by atoms with E-state index in [4.69, 9.17) is 16.3 Å². The van der Waals surface area contributed by atoms with Crippen molar-refractivity contribution < 1.29 is 4.74 Å². The van der Waals surface area contributed by atoms with Crippen LogP contribution in [0.15, 0.2) is 24.3 Å². The zero-order valence-corrected chi connectivity index (χ0v) is 12.8. The van der Waals surface area contributed by atoms with Crippen LogP contribution in [-0.2, 0) is 10.6 Å². The Balaban J connectivity index is 1.49. The highest BCUT2D eigenvalue weighted by atomic mass is 35.5. The molecule has 1 aliphatic heterocycles. The van der Waals surface area contributed by atoms with Crippen molar-refractivity contribution in [1.29, 1.82) is 0 Å². The van der Waals surface area contributed by atoms with Gasteiger partial charge in [0.05, 0.1) is 11.7 Å². The molecule has 1 aromatic rings. The summed E-state index contributed by atoms with van der Waals surface area (Å²) in [5, 5.41) is 3.49. The van der Waals surface area contributed by atoms with Gasteiger partial charge in [-0.2, -0.15) is 0 Å². The van der Waals surface area contributed by atoms with E-state index >= 15 is 0 Å². The van der Waals surface area contributed by atoms with Crippen LogP contribution in [0, 0.1) is 0 Å². The Hall–Kier alpha value is -0.730. The fraction of sp³-hybridized carbons (Fsp3) is 0.647. The first-order valence-corrected chi connectivity index (χ1v) is 8.40. The molecule has 3 rings (SSSR count). The quantitative estimate of drug-likeness (QED) is 0.811. The van der Waals surface area contributed by atoms with Crippen LogP contribution in [0.5, 0.6) is 0 Å². The van der Waals surface area contributed by atoms with Crippen molar-refractivity contribution in [2.24, 2.45) is 0 Å². The maximum Gasteiger partial charge on any atom is 0.0756 e. The molecule has 0 amide bonds. The molecule has 0 aromatic heterocycles. The van der Waals surface area contributed by atoms with E-state index in [1.54, 1.807) is 0 Å². The first kappa shape index (κ1) is 14.2. The predicted octanol–water partition coefficient (Wildman–Crippen LogP) is 4.72. The van der Waals surface area contributed by atoms with Gasteiger partial charge in [-0.05, 0) is 43.4 Å². The summed E-state index contributed by atoms with van der Waals surface area (Å²) in [5.41, 5.74) is 2.55. The van der Waals surface area contributed by atoms with E-state index in [2.05, 4.69) is 29.6 Å². The Kier molecular flexibility index (Phi) is 4.52. The van der Waals surface area contributed by atoms with Gasteiger partial charge in [0.1, 0.15) is 0 Å². The smallest absolute Gasteiger partial charge is 0.0756 e. The van der Waals surface area contributed by atoms with Gasteiger partial charge in [0, 0.05) is 18.1 Å². The van der Waals surface area contributed by atoms with E-state index in [-0.39, 0.29) is 5.60 Å². The molecule has 1 unspecified atom stereocenters. The first-order valence-electron chi connectivity index (χ1n) is 7.86. The molecule has 1 saturated carbocycles. The number of halogens is 1. The van der Waals surface area contributed by atoms with E-state index in [9.17, 15) is 0 Å². The molecule has 1 N–H and O–H groups in total. The van der Waals surface area contributed by atoms with Crippen molar-refractivity contribution in [3.8, 4) is 0 Å². The second-order valence-electron chi connectivity index (χ2n) is 6.23. The Morgan fingerprint density at radius 3 is 2.55 bits per heavy atom. The summed E-state index contributed by atoms with van der Waals surface area (Å²) in [6.45, 7) is 0.919. The Morgan fingerprint density at radius 2 is 1.85 bits per heavy atom. The molecule has 0 bridgehead atoms. The molecule has 1 atom stereocenters. The number of hydrogen-bond donors (Lipinski definition) is 1. The minimum Gasteiger partial charge on any atom is -0.382 e. The number of benzene rings is 1. The molecule has 0 radical (unpaired) electrons. The number of anilines is 1. The van der Waals surface area contributed by atoms with Crippen molar-refractivity contribution in [3.63, 3.8) is 0 Å². The summed E-state index contributed by atoms with van der Waals surface area (Å²) in [4.78, 5) is 0. The predicted molar refractivity (Wildman–Crippen MR) is 84.4 cm³/mol. The van der Waals surface area contributed by atoms with Gasteiger partial charge in [-0.15, -0.1) is 11.6 Å². The highest BCUT2D eigenvalue weighted by molar-refractivity contribution is 6.17. The largest absolute Gasteiger partial charge is 0.382 e. The second kappa shape index (κ2) is 6.36. The minimum atomic E-state index is 0.229. The molecular formula is C17H24ClNO. The van der Waals surface area contributed by atoms with Crippen LogP contribution in [-0.4, -0.2) is 18.2 Å². The van der Waals surface area contributed by atoms with Crippen molar-refractivity contribution >= 4 is 17.3 Å². The van der Waals surface area contributed by atoms with E-state index in [0.717, 1.165) is 17.8 Å². The van der Waals surface area contributed by atoms with Crippen molar-refractivity contribution in [2.75, 3.05) is 11.9 Å². The number of hydrogen-bond acceptors (Lipinski definition) is 2. The van der Waals surface area contributed by atoms with Crippen LogP contribution < -0.4 is 5.32 Å². The molecule has 1 heterocycles. The lowest BCUT2D eigenvalue weighted by atomic mass is 9.83. The second-order valence-corrected chi connectivity index (χ2v) is 6.50. The third-order valence-corrected chi connectivity index (χ3v) is 5.05.